The third kappa shape index (κ3) is 1.77. The zero-order chi connectivity index (χ0) is 13.3. The SMILES string of the molecule is CCC(C)(C(=O)O)n1nnnc1-c1coc(C)c1. The second kappa shape index (κ2) is 4.25. The molecule has 1 N–H and O–H groups in total. The Kier molecular flexibility index (Phi) is 2.90. The van der Waals surface area contributed by atoms with E-state index >= 15 is 0 Å². The van der Waals surface area contributed by atoms with Crippen molar-refractivity contribution in [3.63, 3.8) is 0 Å². The number of carboxylic acid groups (broad SMARTS) is 1. The topological polar surface area (TPSA) is 94.0 Å². The lowest BCUT2D eigenvalue weighted by Crippen LogP contribution is -2.39. The van der Waals surface area contributed by atoms with Gasteiger partial charge in [0.05, 0.1) is 5.56 Å². The van der Waals surface area contributed by atoms with Gasteiger partial charge >= 0.3 is 5.97 Å². The summed E-state index contributed by atoms with van der Waals surface area (Å²) in [5.74, 6) is 0.130. The molecule has 0 bridgehead atoms. The number of carbonyl (C=O) groups is 1. The number of nitrogens with zero attached hydrogens (tertiary/aromatic N) is 4. The summed E-state index contributed by atoms with van der Waals surface area (Å²) in [5.41, 5.74) is -0.511. The predicted molar refractivity (Wildman–Crippen MR) is 61.8 cm³/mol. The Labute approximate surface area is 103 Å². The molecule has 2 aromatic heterocycles. The van der Waals surface area contributed by atoms with Gasteiger partial charge < -0.3 is 9.52 Å². The van der Waals surface area contributed by atoms with E-state index in [9.17, 15) is 9.90 Å². The fourth-order valence-electron chi connectivity index (χ4n) is 1.65. The van der Waals surface area contributed by atoms with Crippen molar-refractivity contribution in [2.75, 3.05) is 0 Å². The summed E-state index contributed by atoms with van der Waals surface area (Å²) in [5, 5.41) is 20.6. The van der Waals surface area contributed by atoms with Crippen LogP contribution in [0.1, 0.15) is 26.0 Å². The summed E-state index contributed by atoms with van der Waals surface area (Å²) in [7, 11) is 0. The summed E-state index contributed by atoms with van der Waals surface area (Å²) in [6, 6.07) is 1.76. The molecule has 0 aliphatic rings. The van der Waals surface area contributed by atoms with Crippen LogP contribution < -0.4 is 0 Å². The van der Waals surface area contributed by atoms with E-state index in [4.69, 9.17) is 4.42 Å². The Morgan fingerprint density at radius 2 is 2.33 bits per heavy atom. The molecule has 7 nitrogen and oxygen atoms in total. The predicted octanol–water partition coefficient (Wildman–Crippen LogP) is 1.45. The fraction of sp³-hybridized carbons (Fsp3) is 0.455. The molecule has 1 unspecified atom stereocenters. The maximum absolute atomic E-state index is 11.4. The van der Waals surface area contributed by atoms with Crippen molar-refractivity contribution in [1.82, 2.24) is 20.2 Å². The van der Waals surface area contributed by atoms with E-state index in [2.05, 4.69) is 15.5 Å². The molecular formula is C11H14N4O3. The highest BCUT2D eigenvalue weighted by Crippen LogP contribution is 2.27. The van der Waals surface area contributed by atoms with Gasteiger partial charge in [0.15, 0.2) is 11.4 Å². The Bertz CT molecular complexity index is 574. The number of aromatic nitrogens is 4. The van der Waals surface area contributed by atoms with Gasteiger partial charge in [-0.25, -0.2) is 9.48 Å². The summed E-state index contributed by atoms with van der Waals surface area (Å²) >= 11 is 0. The molecule has 2 rings (SSSR count). The molecule has 1 atom stereocenters. The number of carboxylic acids is 1. The highest BCUT2D eigenvalue weighted by molar-refractivity contribution is 5.77. The van der Waals surface area contributed by atoms with Gasteiger partial charge in [0.2, 0.25) is 0 Å². The average Bonchev–Trinajstić information content (AvgIpc) is 2.95. The van der Waals surface area contributed by atoms with Crippen LogP contribution in [-0.4, -0.2) is 31.3 Å². The van der Waals surface area contributed by atoms with Crippen molar-refractivity contribution in [3.8, 4) is 11.4 Å². The molecule has 0 saturated carbocycles. The maximum Gasteiger partial charge on any atom is 0.331 e. The van der Waals surface area contributed by atoms with Gasteiger partial charge in [-0.1, -0.05) is 6.92 Å². The monoisotopic (exact) mass is 250 g/mol. The minimum Gasteiger partial charge on any atom is -0.479 e. The van der Waals surface area contributed by atoms with Gasteiger partial charge in [-0.05, 0) is 36.8 Å². The summed E-state index contributed by atoms with van der Waals surface area (Å²) in [6.07, 6.45) is 1.88. The number of rotatable bonds is 4. The molecule has 2 heterocycles. The normalized spacial score (nSPS) is 14.4. The average molecular weight is 250 g/mol. The molecule has 0 saturated heterocycles. The highest BCUT2D eigenvalue weighted by atomic mass is 16.4. The Balaban J connectivity index is 2.54. The number of aryl methyl sites for hydroxylation is 1. The van der Waals surface area contributed by atoms with Crippen molar-refractivity contribution in [2.45, 2.75) is 32.7 Å². The highest BCUT2D eigenvalue weighted by Gasteiger charge is 2.37. The minimum absolute atomic E-state index is 0.372. The number of hydrogen-bond acceptors (Lipinski definition) is 5. The molecule has 0 amide bonds. The fourth-order valence-corrected chi connectivity index (χ4v) is 1.65. The van der Waals surface area contributed by atoms with Crippen molar-refractivity contribution >= 4 is 5.97 Å². The van der Waals surface area contributed by atoms with Crippen LogP contribution >= 0.6 is 0 Å². The zero-order valence-electron chi connectivity index (χ0n) is 10.4. The summed E-state index contributed by atoms with van der Waals surface area (Å²) in [6.45, 7) is 5.16. The first-order chi connectivity index (χ1) is 8.49. The summed E-state index contributed by atoms with van der Waals surface area (Å²) < 4.78 is 6.51. The Morgan fingerprint density at radius 3 is 2.83 bits per heavy atom. The zero-order valence-corrected chi connectivity index (χ0v) is 10.4. The van der Waals surface area contributed by atoms with E-state index in [0.717, 1.165) is 0 Å². The second-order valence-electron chi connectivity index (χ2n) is 4.29. The third-order valence-electron chi connectivity index (χ3n) is 3.07. The number of hydrogen-bond donors (Lipinski definition) is 1. The number of tetrazole rings is 1. The number of furan rings is 1. The lowest BCUT2D eigenvalue weighted by molar-refractivity contribution is -0.147. The first kappa shape index (κ1) is 12.3. The molecule has 0 aliphatic carbocycles. The molecule has 0 aliphatic heterocycles. The van der Waals surface area contributed by atoms with E-state index in [1.54, 1.807) is 26.8 Å². The van der Waals surface area contributed by atoms with Crippen LogP contribution in [0, 0.1) is 6.92 Å². The van der Waals surface area contributed by atoms with Crippen LogP contribution in [0.5, 0.6) is 0 Å². The molecule has 0 aromatic carbocycles. The van der Waals surface area contributed by atoms with Crippen molar-refractivity contribution < 1.29 is 14.3 Å². The van der Waals surface area contributed by atoms with Gasteiger partial charge in [-0.15, -0.1) is 5.10 Å². The van der Waals surface area contributed by atoms with Crippen LogP contribution in [0.25, 0.3) is 11.4 Å². The first-order valence-electron chi connectivity index (χ1n) is 5.57. The second-order valence-corrected chi connectivity index (χ2v) is 4.29. The minimum atomic E-state index is -1.18. The Morgan fingerprint density at radius 1 is 1.61 bits per heavy atom. The van der Waals surface area contributed by atoms with E-state index in [-0.39, 0.29) is 0 Å². The van der Waals surface area contributed by atoms with Gasteiger partial charge in [0, 0.05) is 0 Å². The van der Waals surface area contributed by atoms with Gasteiger partial charge in [0.25, 0.3) is 0 Å². The molecule has 2 aromatic rings. The quantitative estimate of drug-likeness (QED) is 0.882. The van der Waals surface area contributed by atoms with E-state index in [1.807, 2.05) is 0 Å². The van der Waals surface area contributed by atoms with Crippen LogP contribution in [0.15, 0.2) is 16.7 Å². The molecular weight excluding hydrogens is 236 g/mol. The molecule has 96 valence electrons. The van der Waals surface area contributed by atoms with Crippen molar-refractivity contribution in [1.29, 1.82) is 0 Å². The van der Waals surface area contributed by atoms with Crippen LogP contribution in [-0.2, 0) is 10.3 Å². The largest absolute Gasteiger partial charge is 0.479 e. The standard InChI is InChI=1S/C11H14N4O3/c1-4-11(3,10(16)17)15-9(12-13-14-15)8-5-7(2)18-6-8/h5-6H,4H2,1-3H3,(H,16,17). The molecule has 18 heavy (non-hydrogen) atoms. The van der Waals surface area contributed by atoms with E-state index in [1.165, 1.54) is 10.9 Å². The van der Waals surface area contributed by atoms with Gasteiger partial charge in [-0.3, -0.25) is 0 Å². The van der Waals surface area contributed by atoms with Crippen molar-refractivity contribution in [2.24, 2.45) is 0 Å². The first-order valence-corrected chi connectivity index (χ1v) is 5.57. The maximum atomic E-state index is 11.4. The lowest BCUT2D eigenvalue weighted by atomic mass is 9.99. The lowest BCUT2D eigenvalue weighted by Gasteiger charge is -2.23. The molecule has 0 fully saturated rings. The van der Waals surface area contributed by atoms with Crippen molar-refractivity contribution in [3.05, 3.63) is 18.1 Å². The molecule has 7 heteroatoms. The molecule has 0 radical (unpaired) electrons. The smallest absolute Gasteiger partial charge is 0.331 e. The van der Waals surface area contributed by atoms with Gasteiger partial charge in [-0.2, -0.15) is 0 Å². The van der Waals surface area contributed by atoms with E-state index in [0.29, 0.717) is 23.6 Å². The van der Waals surface area contributed by atoms with Crippen LogP contribution in [0.4, 0.5) is 0 Å². The number of aliphatic carboxylic acids is 1. The summed E-state index contributed by atoms with van der Waals surface area (Å²) in [4.78, 5) is 11.4. The Hall–Kier alpha value is -2.18. The van der Waals surface area contributed by atoms with E-state index < -0.39 is 11.5 Å². The van der Waals surface area contributed by atoms with Crippen LogP contribution in [0.2, 0.25) is 0 Å². The van der Waals surface area contributed by atoms with Crippen LogP contribution in [0.3, 0.4) is 0 Å². The van der Waals surface area contributed by atoms with Gasteiger partial charge in [0.1, 0.15) is 12.0 Å². The third-order valence-corrected chi connectivity index (χ3v) is 3.07. The molecule has 0 spiro atoms.